The first-order valence-corrected chi connectivity index (χ1v) is 5.77. The van der Waals surface area contributed by atoms with Gasteiger partial charge in [-0.25, -0.2) is 10.6 Å². The second-order valence-electron chi connectivity index (χ2n) is 3.44. The minimum Gasteiger partial charge on any atom is -0.477 e. The molecule has 2 aromatic rings. The standard InChI is InChI=1S/C10H11N3O3S/c1-2-13-4-6(10(15)16)8(14)5-3-7(12-11)17-9(5)13/h3-4,12H,2,11H2,1H3,(H,15,16). The summed E-state index contributed by atoms with van der Waals surface area (Å²) in [6, 6.07) is 1.57. The van der Waals surface area contributed by atoms with Crippen LogP contribution in [0.2, 0.25) is 0 Å². The van der Waals surface area contributed by atoms with Crippen molar-refractivity contribution < 1.29 is 9.90 Å². The molecule has 90 valence electrons. The third-order valence-corrected chi connectivity index (χ3v) is 3.56. The fourth-order valence-corrected chi connectivity index (χ4v) is 2.64. The van der Waals surface area contributed by atoms with E-state index in [0.717, 1.165) is 4.83 Å². The monoisotopic (exact) mass is 253 g/mol. The van der Waals surface area contributed by atoms with Crippen LogP contribution in [0.15, 0.2) is 17.1 Å². The van der Waals surface area contributed by atoms with Crippen molar-refractivity contribution in [3.05, 3.63) is 28.0 Å². The molecule has 0 atom stereocenters. The number of nitrogens with one attached hydrogen (secondary N) is 1. The first kappa shape index (κ1) is 11.6. The van der Waals surface area contributed by atoms with Gasteiger partial charge in [-0.2, -0.15) is 0 Å². The van der Waals surface area contributed by atoms with Crippen molar-refractivity contribution in [1.29, 1.82) is 0 Å². The average Bonchev–Trinajstić information content (AvgIpc) is 2.74. The van der Waals surface area contributed by atoms with Crippen LogP contribution < -0.4 is 16.7 Å². The van der Waals surface area contributed by atoms with Crippen molar-refractivity contribution in [2.45, 2.75) is 13.5 Å². The third kappa shape index (κ3) is 1.79. The summed E-state index contributed by atoms with van der Waals surface area (Å²) in [4.78, 5) is 23.6. The number of carbonyl (C=O) groups is 1. The summed E-state index contributed by atoms with van der Waals surface area (Å²) in [5.74, 6) is 4.07. The molecule has 17 heavy (non-hydrogen) atoms. The zero-order valence-corrected chi connectivity index (χ0v) is 9.87. The van der Waals surface area contributed by atoms with E-state index >= 15 is 0 Å². The first-order valence-electron chi connectivity index (χ1n) is 4.95. The quantitative estimate of drug-likeness (QED) is 0.561. The van der Waals surface area contributed by atoms with Crippen LogP contribution in [0, 0.1) is 0 Å². The highest BCUT2D eigenvalue weighted by molar-refractivity contribution is 7.22. The molecule has 6 nitrogen and oxygen atoms in total. The zero-order chi connectivity index (χ0) is 12.6. The molecule has 7 heteroatoms. The van der Waals surface area contributed by atoms with E-state index < -0.39 is 11.4 Å². The van der Waals surface area contributed by atoms with E-state index in [-0.39, 0.29) is 5.56 Å². The molecule has 0 saturated heterocycles. The molecule has 0 saturated carbocycles. The normalized spacial score (nSPS) is 10.7. The van der Waals surface area contributed by atoms with Gasteiger partial charge in [-0.1, -0.05) is 11.3 Å². The molecule has 0 radical (unpaired) electrons. The number of thiophene rings is 1. The summed E-state index contributed by atoms with van der Waals surface area (Å²) < 4.78 is 1.73. The van der Waals surface area contributed by atoms with Gasteiger partial charge >= 0.3 is 5.97 Å². The molecular weight excluding hydrogens is 242 g/mol. The number of aromatic nitrogens is 1. The molecule has 0 unspecified atom stereocenters. The number of anilines is 1. The minimum absolute atomic E-state index is 0.222. The number of carboxylic acids is 1. The van der Waals surface area contributed by atoms with Gasteiger partial charge in [0, 0.05) is 12.7 Å². The molecular formula is C10H11N3O3S. The van der Waals surface area contributed by atoms with E-state index in [4.69, 9.17) is 10.9 Å². The lowest BCUT2D eigenvalue weighted by atomic mass is 10.2. The van der Waals surface area contributed by atoms with Crippen LogP contribution in [-0.2, 0) is 6.54 Å². The van der Waals surface area contributed by atoms with Crippen molar-refractivity contribution in [3.8, 4) is 0 Å². The van der Waals surface area contributed by atoms with E-state index in [2.05, 4.69) is 5.43 Å². The number of carboxylic acid groups (broad SMARTS) is 1. The van der Waals surface area contributed by atoms with Crippen LogP contribution in [-0.4, -0.2) is 15.6 Å². The second-order valence-corrected chi connectivity index (χ2v) is 4.47. The van der Waals surface area contributed by atoms with Crippen molar-refractivity contribution >= 4 is 32.5 Å². The fourth-order valence-electron chi connectivity index (χ4n) is 1.63. The van der Waals surface area contributed by atoms with Crippen molar-refractivity contribution in [1.82, 2.24) is 4.57 Å². The van der Waals surface area contributed by atoms with E-state index in [1.165, 1.54) is 17.5 Å². The lowest BCUT2D eigenvalue weighted by Crippen LogP contribution is -2.17. The maximum Gasteiger partial charge on any atom is 0.341 e. The molecule has 2 rings (SSSR count). The van der Waals surface area contributed by atoms with E-state index in [1.54, 1.807) is 10.6 Å². The first-order chi connectivity index (χ1) is 8.08. The van der Waals surface area contributed by atoms with Crippen LogP contribution in [0.4, 0.5) is 5.00 Å². The number of hydrogen-bond acceptors (Lipinski definition) is 5. The molecule has 0 amide bonds. The van der Waals surface area contributed by atoms with E-state index in [9.17, 15) is 9.59 Å². The van der Waals surface area contributed by atoms with Crippen molar-refractivity contribution in [3.63, 3.8) is 0 Å². The lowest BCUT2D eigenvalue weighted by Gasteiger charge is -2.05. The van der Waals surface area contributed by atoms with Crippen LogP contribution in [0.5, 0.6) is 0 Å². The van der Waals surface area contributed by atoms with Crippen molar-refractivity contribution in [2.75, 3.05) is 5.43 Å². The highest BCUT2D eigenvalue weighted by atomic mass is 32.1. The van der Waals surface area contributed by atoms with Crippen LogP contribution in [0.3, 0.4) is 0 Å². The average molecular weight is 253 g/mol. The summed E-state index contributed by atoms with van der Waals surface area (Å²) in [7, 11) is 0. The molecule has 0 fully saturated rings. The number of fused-ring (bicyclic) bond motifs is 1. The molecule has 0 aliphatic heterocycles. The van der Waals surface area contributed by atoms with Gasteiger partial charge in [-0.15, -0.1) is 0 Å². The summed E-state index contributed by atoms with van der Waals surface area (Å²) in [5.41, 5.74) is 1.76. The molecule has 0 aliphatic rings. The third-order valence-electron chi connectivity index (χ3n) is 2.46. The Morgan fingerprint density at radius 3 is 2.88 bits per heavy atom. The SMILES string of the molecule is CCn1cc(C(=O)O)c(=O)c2cc(NN)sc21. The Labute approximate surface area is 100 Å². The number of nitrogen functional groups attached to an aromatic ring is 1. The van der Waals surface area contributed by atoms with Gasteiger partial charge in [0.2, 0.25) is 5.43 Å². The number of pyridine rings is 1. The number of nitrogens with zero attached hydrogens (tertiary/aromatic N) is 1. The van der Waals surface area contributed by atoms with Gasteiger partial charge in [0.15, 0.2) is 0 Å². The number of aryl methyl sites for hydroxylation is 1. The van der Waals surface area contributed by atoms with Crippen LogP contribution >= 0.6 is 11.3 Å². The van der Waals surface area contributed by atoms with Gasteiger partial charge in [-0.3, -0.25) is 4.79 Å². The minimum atomic E-state index is -1.22. The smallest absolute Gasteiger partial charge is 0.341 e. The number of nitrogens with two attached hydrogens (primary N) is 1. The van der Waals surface area contributed by atoms with Gasteiger partial charge in [-0.05, 0) is 13.0 Å². The summed E-state index contributed by atoms with van der Waals surface area (Å²) in [6.45, 7) is 2.46. The van der Waals surface area contributed by atoms with E-state index in [0.29, 0.717) is 16.9 Å². The number of hydrazine groups is 1. The van der Waals surface area contributed by atoms with Gasteiger partial charge < -0.3 is 15.1 Å². The number of aromatic carboxylic acids is 1. The summed E-state index contributed by atoms with van der Waals surface area (Å²) >= 11 is 1.32. The highest BCUT2D eigenvalue weighted by Gasteiger charge is 2.16. The second kappa shape index (κ2) is 4.19. The number of rotatable bonds is 3. The molecule has 2 aromatic heterocycles. The Kier molecular flexibility index (Phi) is 2.86. The topological polar surface area (TPSA) is 97.3 Å². The van der Waals surface area contributed by atoms with Gasteiger partial charge in [0.05, 0.1) is 5.39 Å². The molecule has 0 aliphatic carbocycles. The summed E-state index contributed by atoms with van der Waals surface area (Å²) in [5, 5.41) is 9.96. The van der Waals surface area contributed by atoms with E-state index in [1.807, 2.05) is 6.92 Å². The predicted molar refractivity (Wildman–Crippen MR) is 66.5 cm³/mol. The molecule has 0 bridgehead atoms. The Bertz CT molecular complexity index is 644. The van der Waals surface area contributed by atoms with Gasteiger partial charge in [0.1, 0.15) is 15.4 Å². The number of hydrogen-bond donors (Lipinski definition) is 3. The molecule has 0 aromatic carbocycles. The molecule has 2 heterocycles. The van der Waals surface area contributed by atoms with Crippen molar-refractivity contribution in [2.24, 2.45) is 5.84 Å². The lowest BCUT2D eigenvalue weighted by molar-refractivity contribution is 0.0695. The zero-order valence-electron chi connectivity index (χ0n) is 9.06. The van der Waals surface area contributed by atoms with Gasteiger partial charge in [0.25, 0.3) is 0 Å². The fraction of sp³-hybridized carbons (Fsp3) is 0.200. The predicted octanol–water partition coefficient (Wildman–Crippen LogP) is 1.07. The molecule has 4 N–H and O–H groups in total. The Hall–Kier alpha value is -1.86. The highest BCUT2D eigenvalue weighted by Crippen LogP contribution is 2.27. The maximum atomic E-state index is 11.9. The maximum absolute atomic E-state index is 11.9. The van der Waals surface area contributed by atoms with Crippen LogP contribution in [0.1, 0.15) is 17.3 Å². The largest absolute Gasteiger partial charge is 0.477 e. The Balaban J connectivity index is 2.87. The summed E-state index contributed by atoms with van der Waals surface area (Å²) in [6.07, 6.45) is 1.36. The Morgan fingerprint density at radius 1 is 1.65 bits per heavy atom. The Morgan fingerprint density at radius 2 is 2.35 bits per heavy atom. The van der Waals surface area contributed by atoms with Crippen LogP contribution in [0.25, 0.3) is 10.2 Å². The molecule has 0 spiro atoms.